The Balaban J connectivity index is 1.69. The second kappa shape index (κ2) is 7.07. The number of aliphatic hydroxyl groups is 1. The second-order valence-electron chi connectivity index (χ2n) is 7.59. The largest absolute Gasteiger partial charge is 0.493 e. The number of hydrogen-bond donors (Lipinski definition) is 1. The molecule has 0 unspecified atom stereocenters. The Hall–Kier alpha value is -2.97. The van der Waals surface area contributed by atoms with Crippen molar-refractivity contribution in [1.29, 1.82) is 0 Å². The predicted octanol–water partition coefficient (Wildman–Crippen LogP) is 2.37. The number of likely N-dealkylation sites (N-methyl/N-ethyl adjacent to an activating group) is 1. The van der Waals surface area contributed by atoms with E-state index in [1.807, 2.05) is 19.2 Å². The van der Waals surface area contributed by atoms with Crippen LogP contribution >= 0.6 is 0 Å². The van der Waals surface area contributed by atoms with Crippen LogP contribution in [0.1, 0.15) is 44.8 Å². The van der Waals surface area contributed by atoms with E-state index in [4.69, 9.17) is 23.7 Å². The van der Waals surface area contributed by atoms with E-state index < -0.39 is 12.1 Å². The first-order chi connectivity index (χ1) is 14.6. The Morgan fingerprint density at radius 2 is 2.07 bits per heavy atom. The topological polar surface area (TPSA) is 86.7 Å². The van der Waals surface area contributed by atoms with Crippen molar-refractivity contribution < 1.29 is 33.6 Å². The van der Waals surface area contributed by atoms with Crippen LogP contribution in [0.2, 0.25) is 0 Å². The molecule has 0 saturated heterocycles. The highest BCUT2D eigenvalue weighted by molar-refractivity contribution is 5.98. The third kappa shape index (κ3) is 2.57. The average molecular weight is 413 g/mol. The van der Waals surface area contributed by atoms with Gasteiger partial charge < -0.3 is 28.8 Å². The summed E-state index contributed by atoms with van der Waals surface area (Å²) in [4.78, 5) is 15.0. The lowest BCUT2D eigenvalue weighted by Gasteiger charge is -2.39. The summed E-state index contributed by atoms with van der Waals surface area (Å²) < 4.78 is 27.9. The summed E-state index contributed by atoms with van der Waals surface area (Å²) in [6, 6.07) is 5.32. The highest BCUT2D eigenvalue weighted by Gasteiger charge is 2.45. The number of esters is 1. The van der Waals surface area contributed by atoms with Crippen LogP contribution in [0, 0.1) is 0 Å². The number of rotatable bonds is 4. The first-order valence-corrected chi connectivity index (χ1v) is 9.80. The number of aliphatic hydroxyl groups excluding tert-OH is 1. The van der Waals surface area contributed by atoms with Crippen LogP contribution in [0.5, 0.6) is 23.0 Å². The molecule has 0 spiro atoms. The average Bonchev–Trinajstić information content (AvgIpc) is 3.35. The van der Waals surface area contributed by atoms with E-state index in [2.05, 4.69) is 4.90 Å². The molecular weight excluding hydrogens is 390 g/mol. The van der Waals surface area contributed by atoms with Crippen molar-refractivity contribution in [2.24, 2.45) is 0 Å². The fourth-order valence-electron chi connectivity index (χ4n) is 4.82. The highest BCUT2D eigenvalue weighted by atomic mass is 16.7. The van der Waals surface area contributed by atoms with Gasteiger partial charge in [-0.1, -0.05) is 6.07 Å². The zero-order valence-corrected chi connectivity index (χ0v) is 17.1. The van der Waals surface area contributed by atoms with E-state index in [0.717, 1.165) is 29.7 Å². The van der Waals surface area contributed by atoms with Gasteiger partial charge in [-0.2, -0.15) is 0 Å². The minimum atomic E-state index is -0.554. The number of nitrogens with zero attached hydrogens (tertiary/aromatic N) is 1. The Bertz CT molecular complexity index is 1030. The monoisotopic (exact) mass is 413 g/mol. The molecule has 0 bridgehead atoms. The van der Waals surface area contributed by atoms with Crippen molar-refractivity contribution in [3.05, 3.63) is 46.0 Å². The fourth-order valence-corrected chi connectivity index (χ4v) is 4.82. The first kappa shape index (κ1) is 19.0. The molecule has 2 aromatic carbocycles. The van der Waals surface area contributed by atoms with Crippen LogP contribution in [0.25, 0.3) is 0 Å². The molecule has 0 radical (unpaired) electrons. The standard InChI is InChI=1S/C22H23NO7/c1-23-7-6-11-8-15-19(29-10-28-15)13(9-24)16(11)18(23)20-12-4-5-14(26-2)21(27-3)17(12)22(25)30-20/h4-5,8,18,20,24H,6-7,9-10H2,1-3H3/t18-,20+/m1/s1. The summed E-state index contributed by atoms with van der Waals surface area (Å²) in [5.74, 6) is 1.61. The molecule has 0 aliphatic carbocycles. The molecule has 8 nitrogen and oxygen atoms in total. The van der Waals surface area contributed by atoms with Crippen molar-refractivity contribution in [2.75, 3.05) is 34.6 Å². The Kier molecular flexibility index (Phi) is 4.48. The van der Waals surface area contributed by atoms with Gasteiger partial charge in [0, 0.05) is 17.7 Å². The molecule has 0 aromatic heterocycles. The fraction of sp³-hybridized carbons (Fsp3) is 0.409. The zero-order chi connectivity index (χ0) is 21.0. The summed E-state index contributed by atoms with van der Waals surface area (Å²) in [6.45, 7) is 0.710. The van der Waals surface area contributed by atoms with Gasteiger partial charge in [-0.3, -0.25) is 4.90 Å². The maximum Gasteiger partial charge on any atom is 0.343 e. The number of carbonyl (C=O) groups excluding carboxylic acids is 1. The predicted molar refractivity (Wildman–Crippen MR) is 105 cm³/mol. The van der Waals surface area contributed by atoms with Crippen LogP contribution in [0.4, 0.5) is 0 Å². The van der Waals surface area contributed by atoms with Crippen molar-refractivity contribution in [3.8, 4) is 23.0 Å². The lowest BCUT2D eigenvalue weighted by atomic mass is 9.83. The van der Waals surface area contributed by atoms with E-state index in [-0.39, 0.29) is 19.4 Å². The van der Waals surface area contributed by atoms with Gasteiger partial charge >= 0.3 is 5.97 Å². The normalized spacial score (nSPS) is 21.8. The number of fused-ring (bicyclic) bond motifs is 3. The SMILES string of the molecule is COc1ccc2c(c1OC)C(=O)O[C@@H]2[C@H]1c2c(cc3c(c2CO)OCO3)CCN1C. The highest BCUT2D eigenvalue weighted by Crippen LogP contribution is 2.52. The molecule has 2 atom stereocenters. The summed E-state index contributed by atoms with van der Waals surface area (Å²) >= 11 is 0. The third-order valence-corrected chi connectivity index (χ3v) is 6.16. The van der Waals surface area contributed by atoms with Gasteiger partial charge in [-0.05, 0) is 36.7 Å². The summed E-state index contributed by atoms with van der Waals surface area (Å²) in [5, 5.41) is 10.2. The van der Waals surface area contributed by atoms with Crippen LogP contribution in [-0.2, 0) is 17.8 Å². The van der Waals surface area contributed by atoms with E-state index in [0.29, 0.717) is 34.1 Å². The van der Waals surface area contributed by atoms with Crippen LogP contribution < -0.4 is 18.9 Å². The molecular formula is C22H23NO7. The number of methoxy groups -OCH3 is 2. The molecule has 3 heterocycles. The van der Waals surface area contributed by atoms with E-state index in [1.165, 1.54) is 14.2 Å². The zero-order valence-electron chi connectivity index (χ0n) is 17.1. The molecule has 158 valence electrons. The van der Waals surface area contributed by atoms with Crippen molar-refractivity contribution in [3.63, 3.8) is 0 Å². The molecule has 5 rings (SSSR count). The number of ether oxygens (including phenoxy) is 5. The minimum Gasteiger partial charge on any atom is -0.493 e. The van der Waals surface area contributed by atoms with Gasteiger partial charge in [0.2, 0.25) is 6.79 Å². The lowest BCUT2D eigenvalue weighted by Crippen LogP contribution is -2.37. The number of cyclic esters (lactones) is 1. The summed E-state index contributed by atoms with van der Waals surface area (Å²) in [5.41, 5.74) is 3.80. The minimum absolute atomic E-state index is 0.129. The Morgan fingerprint density at radius 3 is 2.80 bits per heavy atom. The molecule has 0 amide bonds. The second-order valence-corrected chi connectivity index (χ2v) is 7.59. The van der Waals surface area contributed by atoms with Crippen molar-refractivity contribution >= 4 is 5.97 Å². The molecule has 30 heavy (non-hydrogen) atoms. The van der Waals surface area contributed by atoms with Crippen LogP contribution in [0.3, 0.4) is 0 Å². The molecule has 0 fully saturated rings. The van der Waals surface area contributed by atoms with E-state index >= 15 is 0 Å². The number of carbonyl (C=O) groups is 1. The van der Waals surface area contributed by atoms with E-state index in [1.54, 1.807) is 6.07 Å². The van der Waals surface area contributed by atoms with Gasteiger partial charge in [0.1, 0.15) is 11.7 Å². The van der Waals surface area contributed by atoms with Crippen molar-refractivity contribution in [2.45, 2.75) is 25.2 Å². The van der Waals surface area contributed by atoms with Crippen LogP contribution in [0.15, 0.2) is 18.2 Å². The maximum atomic E-state index is 12.9. The molecule has 3 aliphatic heterocycles. The van der Waals surface area contributed by atoms with Crippen LogP contribution in [-0.4, -0.2) is 50.6 Å². The van der Waals surface area contributed by atoms with Gasteiger partial charge in [-0.25, -0.2) is 4.79 Å². The van der Waals surface area contributed by atoms with Gasteiger partial charge in [-0.15, -0.1) is 0 Å². The molecule has 2 aromatic rings. The van der Waals surface area contributed by atoms with Gasteiger partial charge in [0.25, 0.3) is 0 Å². The maximum absolute atomic E-state index is 12.9. The Labute approximate surface area is 173 Å². The van der Waals surface area contributed by atoms with Gasteiger partial charge in [0.05, 0.1) is 26.9 Å². The van der Waals surface area contributed by atoms with E-state index in [9.17, 15) is 9.90 Å². The number of hydrogen-bond acceptors (Lipinski definition) is 8. The molecule has 3 aliphatic rings. The van der Waals surface area contributed by atoms with Crippen molar-refractivity contribution in [1.82, 2.24) is 4.90 Å². The smallest absolute Gasteiger partial charge is 0.343 e. The lowest BCUT2D eigenvalue weighted by molar-refractivity contribution is 0.00888. The summed E-state index contributed by atoms with van der Waals surface area (Å²) in [7, 11) is 5.03. The Morgan fingerprint density at radius 1 is 1.23 bits per heavy atom. The number of benzene rings is 2. The first-order valence-electron chi connectivity index (χ1n) is 9.80. The molecule has 1 N–H and O–H groups in total. The molecule has 0 saturated carbocycles. The van der Waals surface area contributed by atoms with Gasteiger partial charge in [0.15, 0.2) is 23.0 Å². The quantitative estimate of drug-likeness (QED) is 0.765. The summed E-state index contributed by atoms with van der Waals surface area (Å²) in [6.07, 6.45) is 0.243. The third-order valence-electron chi connectivity index (χ3n) is 6.16. The molecule has 8 heteroatoms.